The first-order valence-corrected chi connectivity index (χ1v) is 13.5. The highest BCUT2D eigenvalue weighted by atomic mass is 16.5. The first kappa shape index (κ1) is 26.9. The zero-order chi connectivity index (χ0) is 27.5. The molecule has 206 valence electrons. The first-order chi connectivity index (χ1) is 18.9. The van der Waals surface area contributed by atoms with Crippen molar-refractivity contribution in [3.63, 3.8) is 0 Å². The number of fused-ring (bicyclic) bond motifs is 2. The summed E-state index contributed by atoms with van der Waals surface area (Å²) in [5, 5.41) is 3.33. The van der Waals surface area contributed by atoms with Crippen molar-refractivity contribution >= 4 is 5.91 Å². The van der Waals surface area contributed by atoms with Gasteiger partial charge in [-0.25, -0.2) is 0 Å². The molecule has 1 aliphatic carbocycles. The van der Waals surface area contributed by atoms with Gasteiger partial charge in [0.2, 0.25) is 5.91 Å². The Bertz CT molecular complexity index is 1350. The molecule has 1 aliphatic heterocycles. The van der Waals surface area contributed by atoms with E-state index in [2.05, 4.69) is 53.5 Å². The minimum absolute atomic E-state index is 0.0180. The lowest BCUT2D eigenvalue weighted by atomic mass is 9.88. The molecule has 5 rings (SSSR count). The van der Waals surface area contributed by atoms with Crippen molar-refractivity contribution < 1.29 is 23.7 Å². The number of methoxy groups -OCH3 is 4. The minimum Gasteiger partial charge on any atom is -0.493 e. The lowest BCUT2D eigenvalue weighted by Gasteiger charge is -2.38. The van der Waals surface area contributed by atoms with E-state index in [1.807, 2.05) is 12.1 Å². The molecular formula is C32H38N2O5. The SMILES string of the molecule is COc1ccc(CC2c3cc(OC)c(OC)cc3CCN2CC(=O)NC2CCc3ccc(C)cc32)cc1OC. The van der Waals surface area contributed by atoms with Gasteiger partial charge in [-0.15, -0.1) is 0 Å². The van der Waals surface area contributed by atoms with Crippen molar-refractivity contribution in [3.8, 4) is 23.0 Å². The average molecular weight is 531 g/mol. The Kier molecular flexibility index (Phi) is 7.98. The number of nitrogens with zero attached hydrogens (tertiary/aromatic N) is 1. The third-order valence-electron chi connectivity index (χ3n) is 8.05. The van der Waals surface area contributed by atoms with Crippen LogP contribution in [0.3, 0.4) is 0 Å². The van der Waals surface area contributed by atoms with E-state index in [-0.39, 0.29) is 18.0 Å². The van der Waals surface area contributed by atoms with Crippen LogP contribution in [0.5, 0.6) is 23.0 Å². The number of amides is 1. The maximum Gasteiger partial charge on any atom is 0.234 e. The van der Waals surface area contributed by atoms with Gasteiger partial charge in [0.15, 0.2) is 23.0 Å². The topological polar surface area (TPSA) is 69.3 Å². The summed E-state index contributed by atoms with van der Waals surface area (Å²) in [7, 11) is 6.60. The summed E-state index contributed by atoms with van der Waals surface area (Å²) in [4.78, 5) is 15.7. The molecule has 1 heterocycles. The quantitative estimate of drug-likeness (QED) is 0.421. The summed E-state index contributed by atoms with van der Waals surface area (Å²) in [6.07, 6.45) is 3.49. The molecule has 2 atom stereocenters. The molecule has 1 amide bonds. The molecule has 0 bridgehead atoms. The standard InChI is InChI=1S/C32H38N2O5/c1-20-6-8-22-9-10-26(24(22)14-20)33-32(35)19-34-13-12-23-17-30(38-4)31(39-5)18-25(23)27(34)15-21-7-11-28(36-2)29(16-21)37-3/h6-8,11,14,16-18,26-27H,9-10,12-13,15,19H2,1-5H3,(H,33,35). The smallest absolute Gasteiger partial charge is 0.234 e. The summed E-state index contributed by atoms with van der Waals surface area (Å²) in [5.74, 6) is 2.86. The Balaban J connectivity index is 1.42. The second-order valence-electron chi connectivity index (χ2n) is 10.4. The minimum atomic E-state index is -0.0180. The molecule has 0 spiro atoms. The van der Waals surface area contributed by atoms with E-state index < -0.39 is 0 Å². The van der Waals surface area contributed by atoms with E-state index in [0.717, 1.165) is 42.7 Å². The van der Waals surface area contributed by atoms with Crippen molar-refractivity contribution in [2.45, 2.75) is 44.7 Å². The van der Waals surface area contributed by atoms with E-state index in [1.54, 1.807) is 28.4 Å². The zero-order valence-corrected chi connectivity index (χ0v) is 23.5. The molecule has 3 aromatic carbocycles. The van der Waals surface area contributed by atoms with Gasteiger partial charge >= 0.3 is 0 Å². The molecule has 7 heteroatoms. The molecule has 3 aromatic rings. The van der Waals surface area contributed by atoms with Crippen LogP contribution < -0.4 is 24.3 Å². The highest BCUT2D eigenvalue weighted by Gasteiger charge is 2.32. The van der Waals surface area contributed by atoms with Gasteiger partial charge in [0.05, 0.1) is 41.0 Å². The number of rotatable bonds is 9. The third kappa shape index (κ3) is 5.55. The second kappa shape index (κ2) is 11.6. The molecule has 0 radical (unpaired) electrons. The van der Waals surface area contributed by atoms with Crippen LogP contribution in [-0.4, -0.2) is 52.3 Å². The van der Waals surface area contributed by atoms with Gasteiger partial charge in [-0.2, -0.15) is 0 Å². The molecular weight excluding hydrogens is 492 g/mol. The first-order valence-electron chi connectivity index (χ1n) is 13.5. The Morgan fingerprint density at radius 1 is 0.821 bits per heavy atom. The molecule has 2 aliphatic rings. The molecule has 39 heavy (non-hydrogen) atoms. The number of carbonyl (C=O) groups excluding carboxylic acids is 1. The van der Waals surface area contributed by atoms with Gasteiger partial charge in [-0.3, -0.25) is 9.69 Å². The molecule has 7 nitrogen and oxygen atoms in total. The molecule has 0 aromatic heterocycles. The average Bonchev–Trinajstić information content (AvgIpc) is 3.34. The lowest BCUT2D eigenvalue weighted by molar-refractivity contribution is -0.123. The fraction of sp³-hybridized carbons (Fsp3) is 0.406. The summed E-state index contributed by atoms with van der Waals surface area (Å²) >= 11 is 0. The zero-order valence-electron chi connectivity index (χ0n) is 23.5. The monoisotopic (exact) mass is 530 g/mol. The Morgan fingerprint density at radius 2 is 1.54 bits per heavy atom. The Hall–Kier alpha value is -3.71. The number of nitrogens with one attached hydrogen (secondary N) is 1. The number of benzene rings is 3. The fourth-order valence-corrected chi connectivity index (χ4v) is 6.04. The third-order valence-corrected chi connectivity index (χ3v) is 8.05. The van der Waals surface area contributed by atoms with Crippen molar-refractivity contribution in [2.75, 3.05) is 41.5 Å². The summed E-state index contributed by atoms with van der Waals surface area (Å²) in [6, 6.07) is 16.8. The van der Waals surface area contributed by atoms with Gasteiger partial charge in [0, 0.05) is 12.6 Å². The molecule has 0 saturated heterocycles. The van der Waals surface area contributed by atoms with Crippen LogP contribution in [0, 0.1) is 6.92 Å². The van der Waals surface area contributed by atoms with Gasteiger partial charge in [-0.05, 0) is 84.7 Å². The van der Waals surface area contributed by atoms with Gasteiger partial charge in [0.25, 0.3) is 0 Å². The maximum absolute atomic E-state index is 13.4. The van der Waals surface area contributed by atoms with Gasteiger partial charge in [-0.1, -0.05) is 29.8 Å². The maximum atomic E-state index is 13.4. The van der Waals surface area contributed by atoms with E-state index in [1.165, 1.54) is 22.3 Å². The van der Waals surface area contributed by atoms with Crippen LogP contribution in [-0.2, 0) is 24.1 Å². The highest BCUT2D eigenvalue weighted by Crippen LogP contribution is 2.40. The van der Waals surface area contributed by atoms with Crippen molar-refractivity contribution in [1.29, 1.82) is 0 Å². The normalized spacial score (nSPS) is 18.2. The van der Waals surface area contributed by atoms with Crippen molar-refractivity contribution in [1.82, 2.24) is 10.2 Å². The molecule has 0 fully saturated rings. The Labute approximate surface area is 231 Å². The molecule has 2 unspecified atom stereocenters. The fourth-order valence-electron chi connectivity index (χ4n) is 6.04. The van der Waals surface area contributed by atoms with Crippen LogP contribution in [0.15, 0.2) is 48.5 Å². The molecule has 1 N–H and O–H groups in total. The van der Waals surface area contributed by atoms with Crippen LogP contribution in [0.4, 0.5) is 0 Å². The van der Waals surface area contributed by atoms with Crippen LogP contribution >= 0.6 is 0 Å². The number of aryl methyl sites for hydroxylation is 2. The van der Waals surface area contributed by atoms with E-state index in [9.17, 15) is 4.79 Å². The van der Waals surface area contributed by atoms with Crippen molar-refractivity contribution in [3.05, 3.63) is 81.9 Å². The number of ether oxygens (including phenoxy) is 4. The number of hydrogen-bond donors (Lipinski definition) is 1. The number of hydrogen-bond acceptors (Lipinski definition) is 6. The lowest BCUT2D eigenvalue weighted by Crippen LogP contribution is -2.44. The summed E-state index contributed by atoms with van der Waals surface area (Å²) in [5.41, 5.74) is 7.29. The van der Waals surface area contributed by atoms with Gasteiger partial charge < -0.3 is 24.3 Å². The molecule has 0 saturated carbocycles. The highest BCUT2D eigenvalue weighted by molar-refractivity contribution is 5.79. The summed E-state index contributed by atoms with van der Waals surface area (Å²) in [6.45, 7) is 3.20. The summed E-state index contributed by atoms with van der Waals surface area (Å²) < 4.78 is 22.2. The second-order valence-corrected chi connectivity index (χ2v) is 10.4. The predicted octanol–water partition coefficient (Wildman–Crippen LogP) is 4.98. The predicted molar refractivity (Wildman–Crippen MR) is 151 cm³/mol. The van der Waals surface area contributed by atoms with E-state index in [4.69, 9.17) is 18.9 Å². The van der Waals surface area contributed by atoms with E-state index in [0.29, 0.717) is 30.2 Å². The number of carbonyl (C=O) groups is 1. The van der Waals surface area contributed by atoms with Gasteiger partial charge in [0.1, 0.15) is 0 Å². The Morgan fingerprint density at radius 3 is 2.28 bits per heavy atom. The van der Waals surface area contributed by atoms with Crippen LogP contribution in [0.1, 0.15) is 51.9 Å². The van der Waals surface area contributed by atoms with Crippen LogP contribution in [0.2, 0.25) is 0 Å². The van der Waals surface area contributed by atoms with E-state index >= 15 is 0 Å². The van der Waals surface area contributed by atoms with Crippen LogP contribution in [0.25, 0.3) is 0 Å². The van der Waals surface area contributed by atoms with Crippen molar-refractivity contribution in [2.24, 2.45) is 0 Å². The largest absolute Gasteiger partial charge is 0.493 e.